The van der Waals surface area contributed by atoms with Gasteiger partial charge in [-0.2, -0.15) is 0 Å². The maximum Gasteiger partial charge on any atom is 1.00 e. The van der Waals surface area contributed by atoms with Crippen molar-refractivity contribution in [3.8, 4) is 0 Å². The quantitative estimate of drug-likeness (QED) is 0.131. The number of unbranched alkanes of at least 4 members (excludes halogenated alkanes) is 18. The van der Waals surface area contributed by atoms with E-state index in [0.29, 0.717) is 0 Å². The van der Waals surface area contributed by atoms with E-state index in [1.54, 1.807) is 0 Å². The zero-order chi connectivity index (χ0) is 20.0. The van der Waals surface area contributed by atoms with Gasteiger partial charge in [0.05, 0.1) is 6.10 Å². The number of hydrogen-bond donors (Lipinski definition) is 0. The Morgan fingerprint density at radius 1 is 0.643 bits per heavy atom. The van der Waals surface area contributed by atoms with Gasteiger partial charge in [-0.05, 0) is 19.8 Å². The third-order valence-corrected chi connectivity index (χ3v) is 5.58. The SMILES string of the molecule is CCCCCCCCCCCCCCCCCCCCCC(C)OC(C)=O.[H-].[K+]. The molecule has 0 amide bonds. The van der Waals surface area contributed by atoms with Crippen molar-refractivity contribution in [2.24, 2.45) is 0 Å². The molecule has 0 spiro atoms. The first-order valence-electron chi connectivity index (χ1n) is 12.3. The van der Waals surface area contributed by atoms with Crippen molar-refractivity contribution in [1.82, 2.24) is 0 Å². The van der Waals surface area contributed by atoms with Crippen LogP contribution >= 0.6 is 0 Å². The summed E-state index contributed by atoms with van der Waals surface area (Å²) in [4.78, 5) is 10.8. The number of ether oxygens (including phenoxy) is 1. The van der Waals surface area contributed by atoms with Crippen LogP contribution in [-0.2, 0) is 9.53 Å². The Bertz CT molecular complexity index is 313. The van der Waals surface area contributed by atoms with Crippen LogP contribution < -0.4 is 51.4 Å². The third-order valence-electron chi connectivity index (χ3n) is 5.58. The molecular formula is C25H51KO2. The summed E-state index contributed by atoms with van der Waals surface area (Å²) in [6.07, 6.45) is 27.9. The molecule has 0 N–H and O–H groups in total. The van der Waals surface area contributed by atoms with Gasteiger partial charge in [-0.25, -0.2) is 0 Å². The van der Waals surface area contributed by atoms with E-state index in [4.69, 9.17) is 4.74 Å². The molecule has 0 aliphatic heterocycles. The van der Waals surface area contributed by atoms with E-state index in [1.807, 2.05) is 6.92 Å². The molecule has 0 fully saturated rings. The van der Waals surface area contributed by atoms with Crippen LogP contribution in [0.25, 0.3) is 0 Å². The van der Waals surface area contributed by atoms with Crippen LogP contribution in [0.4, 0.5) is 0 Å². The molecule has 0 bridgehead atoms. The van der Waals surface area contributed by atoms with Gasteiger partial charge in [-0.3, -0.25) is 4.79 Å². The Balaban J connectivity index is -0.00000338. The fourth-order valence-electron chi connectivity index (χ4n) is 3.85. The van der Waals surface area contributed by atoms with Gasteiger partial charge in [0.25, 0.3) is 0 Å². The molecule has 1 atom stereocenters. The Morgan fingerprint density at radius 2 is 0.929 bits per heavy atom. The van der Waals surface area contributed by atoms with E-state index in [1.165, 1.54) is 129 Å². The van der Waals surface area contributed by atoms with E-state index in [9.17, 15) is 4.79 Å². The third kappa shape index (κ3) is 27.1. The number of hydrogen-bond acceptors (Lipinski definition) is 2. The molecule has 0 aromatic rings. The second-order valence-electron chi connectivity index (χ2n) is 8.57. The van der Waals surface area contributed by atoms with E-state index in [-0.39, 0.29) is 64.9 Å². The van der Waals surface area contributed by atoms with Gasteiger partial charge in [0, 0.05) is 6.92 Å². The minimum Gasteiger partial charge on any atom is -1.00 e. The summed E-state index contributed by atoms with van der Waals surface area (Å²) >= 11 is 0. The van der Waals surface area contributed by atoms with Gasteiger partial charge in [-0.1, -0.05) is 122 Å². The minimum absolute atomic E-state index is 0. The molecule has 164 valence electrons. The average Bonchev–Trinajstić information content (AvgIpc) is 2.63. The molecule has 28 heavy (non-hydrogen) atoms. The first kappa shape index (κ1) is 31.3. The van der Waals surface area contributed by atoms with Crippen molar-refractivity contribution in [3.05, 3.63) is 0 Å². The molecule has 3 heteroatoms. The van der Waals surface area contributed by atoms with Crippen molar-refractivity contribution in [2.45, 2.75) is 155 Å². The predicted octanol–water partition coefficient (Wildman–Crippen LogP) is 5.88. The molecular weight excluding hydrogens is 371 g/mol. The Kier molecular flexibility index (Phi) is 29.2. The van der Waals surface area contributed by atoms with Gasteiger partial charge in [0.1, 0.15) is 0 Å². The van der Waals surface area contributed by atoms with Crippen molar-refractivity contribution < 1.29 is 62.3 Å². The number of esters is 1. The summed E-state index contributed by atoms with van der Waals surface area (Å²) in [7, 11) is 0. The second-order valence-corrected chi connectivity index (χ2v) is 8.57. The van der Waals surface area contributed by atoms with Crippen molar-refractivity contribution in [1.29, 1.82) is 0 Å². The molecule has 0 aliphatic carbocycles. The standard InChI is InChI=1S/C25H50O2.K.H/c1-4-5-6-7-8-9-10-11-12-13-14-15-16-17-18-19-20-21-22-23-24(2)27-25(3)26;;/h24H,4-23H2,1-3H3;;/q;+1;-1. The summed E-state index contributed by atoms with van der Waals surface area (Å²) in [6, 6.07) is 0. The van der Waals surface area contributed by atoms with Gasteiger partial charge < -0.3 is 6.16 Å². The fraction of sp³-hybridized carbons (Fsp3) is 0.960. The molecule has 0 aliphatic rings. The maximum atomic E-state index is 10.8. The monoisotopic (exact) mass is 422 g/mol. The van der Waals surface area contributed by atoms with Crippen LogP contribution in [0.2, 0.25) is 0 Å². The summed E-state index contributed by atoms with van der Waals surface area (Å²) in [5.74, 6) is -0.152. The zero-order valence-electron chi connectivity index (χ0n) is 21.0. The van der Waals surface area contributed by atoms with Crippen LogP contribution in [0.3, 0.4) is 0 Å². The molecule has 2 nitrogen and oxygen atoms in total. The van der Waals surface area contributed by atoms with Crippen molar-refractivity contribution in [3.63, 3.8) is 0 Å². The molecule has 1 unspecified atom stereocenters. The smallest absolute Gasteiger partial charge is 1.00 e. The first-order chi connectivity index (χ1) is 13.2. The van der Waals surface area contributed by atoms with Gasteiger partial charge >= 0.3 is 57.4 Å². The molecule has 0 heterocycles. The summed E-state index contributed by atoms with van der Waals surface area (Å²) in [6.45, 7) is 5.78. The largest absolute Gasteiger partial charge is 1.00 e. The molecule has 0 aromatic heterocycles. The van der Waals surface area contributed by atoms with Crippen LogP contribution in [0.1, 0.15) is 151 Å². The van der Waals surface area contributed by atoms with Crippen molar-refractivity contribution in [2.75, 3.05) is 0 Å². The van der Waals surface area contributed by atoms with E-state index >= 15 is 0 Å². The van der Waals surface area contributed by atoms with Gasteiger partial charge in [0.2, 0.25) is 0 Å². The van der Waals surface area contributed by atoms with Gasteiger partial charge in [0.15, 0.2) is 0 Å². The van der Waals surface area contributed by atoms with E-state index < -0.39 is 0 Å². The normalized spacial score (nSPS) is 11.8. The summed E-state index contributed by atoms with van der Waals surface area (Å²) < 4.78 is 5.15. The van der Waals surface area contributed by atoms with Crippen LogP contribution in [0.5, 0.6) is 0 Å². The Morgan fingerprint density at radius 3 is 1.21 bits per heavy atom. The Hall–Kier alpha value is 1.11. The Labute approximate surface area is 221 Å². The van der Waals surface area contributed by atoms with Crippen molar-refractivity contribution >= 4 is 5.97 Å². The maximum absolute atomic E-state index is 10.8. The average molecular weight is 423 g/mol. The fourth-order valence-corrected chi connectivity index (χ4v) is 3.85. The van der Waals surface area contributed by atoms with Crippen LogP contribution in [-0.4, -0.2) is 12.1 Å². The molecule has 0 saturated heterocycles. The topological polar surface area (TPSA) is 26.3 Å². The zero-order valence-corrected chi connectivity index (χ0v) is 23.2. The summed E-state index contributed by atoms with van der Waals surface area (Å²) in [5.41, 5.74) is 0. The number of carbonyl (C=O) groups excluding carboxylic acids is 1. The molecule has 0 aromatic carbocycles. The van der Waals surface area contributed by atoms with Gasteiger partial charge in [-0.15, -0.1) is 0 Å². The molecule has 0 radical (unpaired) electrons. The second kappa shape index (κ2) is 26.1. The molecule has 0 rings (SSSR count). The molecule has 0 saturated carbocycles. The van der Waals surface area contributed by atoms with Crippen LogP contribution in [0, 0.1) is 0 Å². The number of rotatable bonds is 21. The minimum atomic E-state index is -0.152. The predicted molar refractivity (Wildman–Crippen MR) is 120 cm³/mol. The van der Waals surface area contributed by atoms with E-state index in [0.717, 1.165) is 6.42 Å². The van der Waals surface area contributed by atoms with E-state index in [2.05, 4.69) is 6.92 Å². The number of carbonyl (C=O) groups is 1. The summed E-state index contributed by atoms with van der Waals surface area (Å²) in [5, 5.41) is 0. The first-order valence-corrected chi connectivity index (χ1v) is 12.3. The van der Waals surface area contributed by atoms with Crippen LogP contribution in [0.15, 0.2) is 0 Å².